The van der Waals surface area contributed by atoms with Crippen LogP contribution in [-0.2, 0) is 4.79 Å². The van der Waals surface area contributed by atoms with Gasteiger partial charge in [-0.2, -0.15) is 0 Å². The zero-order valence-corrected chi connectivity index (χ0v) is 18.5. The number of rotatable bonds is 5. The number of nitrogens with zero attached hydrogens (tertiary/aromatic N) is 3. The van der Waals surface area contributed by atoms with Crippen LogP contribution in [0.1, 0.15) is 42.5 Å². The molecule has 1 N–H and O–H groups in total. The number of carbonyl (C=O) groups is 1. The van der Waals surface area contributed by atoms with Crippen molar-refractivity contribution in [1.82, 2.24) is 15.3 Å². The van der Waals surface area contributed by atoms with Gasteiger partial charge in [0.2, 0.25) is 11.9 Å². The molecule has 1 fully saturated rings. The Kier molecular flexibility index (Phi) is 6.31. The number of hydrogen-bond acceptors (Lipinski definition) is 4. The van der Waals surface area contributed by atoms with Crippen LogP contribution >= 0.6 is 0 Å². The minimum atomic E-state index is 0.0173. The van der Waals surface area contributed by atoms with Crippen LogP contribution < -0.4 is 10.2 Å². The number of benzene rings is 2. The average molecular weight is 415 g/mol. The van der Waals surface area contributed by atoms with E-state index in [1.165, 1.54) is 11.1 Å². The molecular weight excluding hydrogens is 384 g/mol. The largest absolute Gasteiger partial charge is 0.349 e. The molecule has 5 nitrogen and oxygen atoms in total. The predicted octanol–water partition coefficient (Wildman–Crippen LogP) is 4.85. The Morgan fingerprint density at radius 2 is 1.65 bits per heavy atom. The van der Waals surface area contributed by atoms with Crippen LogP contribution in [0.4, 0.5) is 5.95 Å². The van der Waals surface area contributed by atoms with E-state index >= 15 is 0 Å². The lowest BCUT2D eigenvalue weighted by molar-refractivity contribution is -0.126. The summed E-state index contributed by atoms with van der Waals surface area (Å²) in [5.41, 5.74) is 5.73. The lowest BCUT2D eigenvalue weighted by Gasteiger charge is -2.32. The molecule has 31 heavy (non-hydrogen) atoms. The molecule has 1 amide bonds. The highest BCUT2D eigenvalue weighted by atomic mass is 16.1. The fourth-order valence-corrected chi connectivity index (χ4v) is 4.07. The maximum Gasteiger partial charge on any atom is 0.225 e. The van der Waals surface area contributed by atoms with Gasteiger partial charge in [-0.15, -0.1) is 0 Å². The third-order valence-electron chi connectivity index (χ3n) is 6.07. The Balaban J connectivity index is 1.32. The second kappa shape index (κ2) is 9.29. The SMILES string of the molecule is Cc1ccc([C@@H](C)NC(=O)C2CCN(c3ncc(-c4cccc(C)c4)cn3)CC2)cc1. The fraction of sp³-hybridized carbons (Fsp3) is 0.346. The van der Waals surface area contributed by atoms with E-state index in [2.05, 4.69) is 76.5 Å². The van der Waals surface area contributed by atoms with Gasteiger partial charge in [0, 0.05) is 37.0 Å². The predicted molar refractivity (Wildman–Crippen MR) is 125 cm³/mol. The van der Waals surface area contributed by atoms with Crippen molar-refractivity contribution in [3.63, 3.8) is 0 Å². The summed E-state index contributed by atoms with van der Waals surface area (Å²) in [6.07, 6.45) is 5.41. The summed E-state index contributed by atoms with van der Waals surface area (Å²) in [6.45, 7) is 7.78. The molecule has 0 unspecified atom stereocenters. The molecule has 2 aromatic carbocycles. The smallest absolute Gasteiger partial charge is 0.225 e. The first-order valence-corrected chi connectivity index (χ1v) is 11.0. The highest BCUT2D eigenvalue weighted by Crippen LogP contribution is 2.24. The van der Waals surface area contributed by atoms with Crippen molar-refractivity contribution in [1.29, 1.82) is 0 Å². The topological polar surface area (TPSA) is 58.1 Å². The van der Waals surface area contributed by atoms with Crippen molar-refractivity contribution >= 4 is 11.9 Å². The molecule has 3 aromatic rings. The molecule has 4 rings (SSSR count). The molecule has 0 radical (unpaired) electrons. The number of amides is 1. The highest BCUT2D eigenvalue weighted by molar-refractivity contribution is 5.79. The highest BCUT2D eigenvalue weighted by Gasteiger charge is 2.27. The Labute approximate surface area is 184 Å². The maximum atomic E-state index is 12.8. The maximum absolute atomic E-state index is 12.8. The minimum Gasteiger partial charge on any atom is -0.349 e. The molecule has 1 saturated heterocycles. The van der Waals surface area contributed by atoms with E-state index in [1.54, 1.807) is 0 Å². The molecule has 0 aliphatic carbocycles. The minimum absolute atomic E-state index is 0.0173. The van der Waals surface area contributed by atoms with Crippen LogP contribution in [0.15, 0.2) is 60.9 Å². The number of anilines is 1. The number of hydrogen-bond donors (Lipinski definition) is 1. The van der Waals surface area contributed by atoms with E-state index in [1.807, 2.05) is 25.4 Å². The summed E-state index contributed by atoms with van der Waals surface area (Å²) in [5, 5.41) is 3.18. The van der Waals surface area contributed by atoms with Gasteiger partial charge in [-0.3, -0.25) is 4.79 Å². The molecule has 1 aromatic heterocycles. The Morgan fingerprint density at radius 3 is 2.29 bits per heavy atom. The second-order valence-electron chi connectivity index (χ2n) is 8.54. The average Bonchev–Trinajstić information content (AvgIpc) is 2.80. The third-order valence-corrected chi connectivity index (χ3v) is 6.07. The van der Waals surface area contributed by atoms with Crippen molar-refractivity contribution in [3.8, 4) is 11.1 Å². The van der Waals surface area contributed by atoms with Gasteiger partial charge in [0.1, 0.15) is 0 Å². The molecule has 160 valence electrons. The standard InChI is InChI=1S/C26H30N4O/c1-18-7-9-21(10-8-18)20(3)29-25(31)22-11-13-30(14-12-22)26-27-16-24(17-28-26)23-6-4-5-19(2)15-23/h4-10,15-17,20,22H,11-14H2,1-3H3,(H,29,31)/t20-/m1/s1. The lowest BCUT2D eigenvalue weighted by Crippen LogP contribution is -2.41. The van der Waals surface area contributed by atoms with Crippen LogP contribution in [0.5, 0.6) is 0 Å². The second-order valence-corrected chi connectivity index (χ2v) is 8.54. The first-order chi connectivity index (χ1) is 15.0. The van der Waals surface area contributed by atoms with Crippen LogP contribution in [0.25, 0.3) is 11.1 Å². The number of aromatic nitrogens is 2. The van der Waals surface area contributed by atoms with Crippen molar-refractivity contribution < 1.29 is 4.79 Å². The molecule has 1 aliphatic heterocycles. The van der Waals surface area contributed by atoms with E-state index in [4.69, 9.17) is 0 Å². The van der Waals surface area contributed by atoms with Gasteiger partial charge in [0.25, 0.3) is 0 Å². The van der Waals surface area contributed by atoms with Gasteiger partial charge in [-0.25, -0.2) is 9.97 Å². The molecule has 0 bridgehead atoms. The molecule has 1 atom stereocenters. The van der Waals surface area contributed by atoms with Gasteiger partial charge >= 0.3 is 0 Å². The molecule has 0 spiro atoms. The number of carbonyl (C=O) groups excluding carboxylic acids is 1. The quantitative estimate of drug-likeness (QED) is 0.648. The summed E-state index contributed by atoms with van der Waals surface area (Å²) in [4.78, 5) is 24.1. The zero-order valence-electron chi connectivity index (χ0n) is 18.5. The van der Waals surface area contributed by atoms with Crippen LogP contribution in [0.2, 0.25) is 0 Å². The summed E-state index contributed by atoms with van der Waals surface area (Å²) < 4.78 is 0. The van der Waals surface area contributed by atoms with E-state index in [0.717, 1.165) is 48.6 Å². The van der Waals surface area contributed by atoms with Gasteiger partial charge in [-0.05, 0) is 44.7 Å². The number of nitrogens with one attached hydrogen (secondary N) is 1. The van der Waals surface area contributed by atoms with Gasteiger partial charge in [-0.1, -0.05) is 59.7 Å². The van der Waals surface area contributed by atoms with Crippen molar-refractivity contribution in [3.05, 3.63) is 77.6 Å². The monoisotopic (exact) mass is 414 g/mol. The van der Waals surface area contributed by atoms with E-state index < -0.39 is 0 Å². The van der Waals surface area contributed by atoms with Crippen molar-refractivity contribution in [2.75, 3.05) is 18.0 Å². The summed E-state index contributed by atoms with van der Waals surface area (Å²) in [7, 11) is 0. The van der Waals surface area contributed by atoms with Crippen LogP contribution in [-0.4, -0.2) is 29.0 Å². The Bertz CT molecular complexity index is 1020. The number of piperidine rings is 1. The summed E-state index contributed by atoms with van der Waals surface area (Å²) >= 11 is 0. The van der Waals surface area contributed by atoms with Gasteiger partial charge < -0.3 is 10.2 Å². The Hall–Kier alpha value is -3.21. The van der Waals surface area contributed by atoms with E-state index in [-0.39, 0.29) is 17.9 Å². The third kappa shape index (κ3) is 5.10. The van der Waals surface area contributed by atoms with Crippen LogP contribution in [0.3, 0.4) is 0 Å². The Morgan fingerprint density at radius 1 is 0.968 bits per heavy atom. The van der Waals surface area contributed by atoms with E-state index in [9.17, 15) is 4.79 Å². The van der Waals surface area contributed by atoms with Gasteiger partial charge in [0.05, 0.1) is 6.04 Å². The molecular formula is C26H30N4O. The molecule has 0 saturated carbocycles. The zero-order chi connectivity index (χ0) is 21.8. The molecule has 2 heterocycles. The van der Waals surface area contributed by atoms with Crippen molar-refractivity contribution in [2.24, 2.45) is 5.92 Å². The van der Waals surface area contributed by atoms with Crippen LogP contribution in [0, 0.1) is 19.8 Å². The first kappa shape index (κ1) is 21.0. The normalized spacial score (nSPS) is 15.5. The lowest BCUT2D eigenvalue weighted by atomic mass is 9.95. The molecule has 1 aliphatic rings. The summed E-state index contributed by atoms with van der Waals surface area (Å²) in [5.74, 6) is 0.919. The number of aryl methyl sites for hydroxylation is 2. The molecule has 5 heteroatoms. The first-order valence-electron chi connectivity index (χ1n) is 11.0. The summed E-state index contributed by atoms with van der Waals surface area (Å²) in [6, 6.07) is 16.7. The van der Waals surface area contributed by atoms with Gasteiger partial charge in [0.15, 0.2) is 0 Å². The van der Waals surface area contributed by atoms with Crippen molar-refractivity contribution in [2.45, 2.75) is 39.7 Å². The fourth-order valence-electron chi connectivity index (χ4n) is 4.07. The van der Waals surface area contributed by atoms with E-state index in [0.29, 0.717) is 0 Å².